The van der Waals surface area contributed by atoms with Gasteiger partial charge in [0, 0.05) is 29.2 Å². The Morgan fingerprint density at radius 3 is 2.30 bits per heavy atom. The molecular formula is C18H10F5N3O. The molecule has 1 heterocycles. The molecule has 3 aromatic rings. The summed E-state index contributed by atoms with van der Waals surface area (Å²) >= 11 is 0. The number of amides is 1. The van der Waals surface area contributed by atoms with Gasteiger partial charge in [0.1, 0.15) is 0 Å². The van der Waals surface area contributed by atoms with Crippen molar-refractivity contribution in [2.75, 3.05) is 5.32 Å². The van der Waals surface area contributed by atoms with Crippen molar-refractivity contribution < 1.29 is 26.7 Å². The number of halogens is 5. The lowest BCUT2D eigenvalue weighted by Gasteiger charge is -2.14. The smallest absolute Gasteiger partial charge is 0.320 e. The van der Waals surface area contributed by atoms with Gasteiger partial charge in [0.05, 0.1) is 0 Å². The average molecular weight is 379 g/mol. The molecule has 1 amide bonds. The number of nitrogens with one attached hydrogen (secondary N) is 1. The van der Waals surface area contributed by atoms with E-state index in [1.807, 2.05) is 0 Å². The van der Waals surface area contributed by atoms with Crippen molar-refractivity contribution in [3.63, 3.8) is 0 Å². The molecule has 1 N–H and O–H groups in total. The molecule has 4 nitrogen and oxygen atoms in total. The van der Waals surface area contributed by atoms with Crippen LogP contribution in [0.5, 0.6) is 0 Å². The number of nitrogens with zero attached hydrogens (tertiary/aromatic N) is 2. The number of anilines is 1. The fourth-order valence-electron chi connectivity index (χ4n) is 2.43. The van der Waals surface area contributed by atoms with Crippen molar-refractivity contribution in [3.05, 3.63) is 77.9 Å². The van der Waals surface area contributed by atoms with Crippen LogP contribution in [0, 0.1) is 11.6 Å². The van der Waals surface area contributed by atoms with Crippen LogP contribution >= 0.6 is 0 Å². The Labute approximate surface area is 149 Å². The second-order valence-corrected chi connectivity index (χ2v) is 5.35. The van der Waals surface area contributed by atoms with E-state index in [-0.39, 0.29) is 16.8 Å². The summed E-state index contributed by atoms with van der Waals surface area (Å²) in [6.45, 7) is 0. The van der Waals surface area contributed by atoms with Crippen molar-refractivity contribution in [1.29, 1.82) is 0 Å². The molecule has 0 bridgehead atoms. The molecule has 0 fully saturated rings. The topological polar surface area (TPSA) is 54.9 Å². The molecule has 0 spiro atoms. The van der Waals surface area contributed by atoms with Gasteiger partial charge in [0.2, 0.25) is 0 Å². The second-order valence-electron chi connectivity index (χ2n) is 5.35. The lowest BCUT2D eigenvalue weighted by atomic mass is 10.0. The summed E-state index contributed by atoms with van der Waals surface area (Å²) in [5.41, 5.74) is -2.44. The highest BCUT2D eigenvalue weighted by atomic mass is 19.4. The summed E-state index contributed by atoms with van der Waals surface area (Å²) in [5.74, 6) is -3.42. The van der Waals surface area contributed by atoms with Crippen LogP contribution in [-0.2, 0) is 6.18 Å². The first-order valence-electron chi connectivity index (χ1n) is 7.52. The number of alkyl halides is 3. The summed E-state index contributed by atoms with van der Waals surface area (Å²) in [4.78, 5) is 18.9. The van der Waals surface area contributed by atoms with E-state index in [0.29, 0.717) is 0 Å². The van der Waals surface area contributed by atoms with E-state index in [1.165, 1.54) is 36.4 Å². The van der Waals surface area contributed by atoms with Gasteiger partial charge in [0.15, 0.2) is 23.0 Å². The van der Waals surface area contributed by atoms with Crippen molar-refractivity contribution in [1.82, 2.24) is 9.97 Å². The first-order chi connectivity index (χ1) is 12.8. The summed E-state index contributed by atoms with van der Waals surface area (Å²) in [7, 11) is 0. The third kappa shape index (κ3) is 3.76. The van der Waals surface area contributed by atoms with E-state index in [4.69, 9.17) is 0 Å². The summed E-state index contributed by atoms with van der Waals surface area (Å²) < 4.78 is 66.6. The highest BCUT2D eigenvalue weighted by Crippen LogP contribution is 2.32. The molecule has 27 heavy (non-hydrogen) atoms. The number of rotatable bonds is 3. The minimum Gasteiger partial charge on any atom is -0.320 e. The molecule has 2 aromatic carbocycles. The van der Waals surface area contributed by atoms with E-state index >= 15 is 0 Å². The Morgan fingerprint density at radius 2 is 1.56 bits per heavy atom. The van der Waals surface area contributed by atoms with Crippen LogP contribution in [0.2, 0.25) is 0 Å². The molecule has 0 saturated carbocycles. The molecule has 1 aromatic heterocycles. The molecular weight excluding hydrogens is 369 g/mol. The quantitative estimate of drug-likeness (QED) is 0.672. The van der Waals surface area contributed by atoms with Gasteiger partial charge >= 0.3 is 6.18 Å². The minimum absolute atomic E-state index is 0.00854. The van der Waals surface area contributed by atoms with Gasteiger partial charge in [-0.3, -0.25) is 4.79 Å². The first-order valence-corrected chi connectivity index (χ1v) is 7.52. The molecule has 138 valence electrons. The van der Waals surface area contributed by atoms with Gasteiger partial charge in [-0.15, -0.1) is 0 Å². The molecule has 3 rings (SSSR count). The van der Waals surface area contributed by atoms with Crippen molar-refractivity contribution in [2.24, 2.45) is 0 Å². The van der Waals surface area contributed by atoms with Gasteiger partial charge in [-0.05, 0) is 12.1 Å². The van der Waals surface area contributed by atoms with Gasteiger partial charge < -0.3 is 5.32 Å². The number of carbonyl (C=O) groups is 1. The first kappa shape index (κ1) is 18.4. The highest BCUT2D eigenvalue weighted by Gasteiger charge is 2.38. The maximum atomic E-state index is 14.1. The number of benzene rings is 2. The fourth-order valence-corrected chi connectivity index (χ4v) is 2.43. The molecule has 0 aliphatic heterocycles. The Morgan fingerprint density at radius 1 is 0.889 bits per heavy atom. The number of hydrogen-bond acceptors (Lipinski definition) is 3. The van der Waals surface area contributed by atoms with Crippen molar-refractivity contribution in [3.8, 4) is 11.1 Å². The Hall–Kier alpha value is -3.36. The average Bonchev–Trinajstić information content (AvgIpc) is 2.64. The molecule has 0 aliphatic rings. The van der Waals surface area contributed by atoms with Crippen LogP contribution in [0.15, 0.2) is 54.9 Å². The lowest BCUT2D eigenvalue weighted by Crippen LogP contribution is -2.22. The lowest BCUT2D eigenvalue weighted by molar-refractivity contribution is -0.141. The number of carbonyl (C=O) groups excluding carboxylic acids is 1. The maximum Gasteiger partial charge on any atom is 0.435 e. The van der Waals surface area contributed by atoms with E-state index in [1.54, 1.807) is 0 Å². The monoisotopic (exact) mass is 379 g/mol. The van der Waals surface area contributed by atoms with Crippen LogP contribution in [0.4, 0.5) is 27.6 Å². The number of aromatic nitrogens is 2. The van der Waals surface area contributed by atoms with Crippen LogP contribution in [0.25, 0.3) is 11.1 Å². The molecule has 0 aliphatic carbocycles. The summed E-state index contributed by atoms with van der Waals surface area (Å²) in [6, 6.07) is 9.23. The molecule has 0 unspecified atom stereocenters. The van der Waals surface area contributed by atoms with Gasteiger partial charge in [-0.2, -0.15) is 13.2 Å². The van der Waals surface area contributed by atoms with Gasteiger partial charge in [-0.1, -0.05) is 30.3 Å². The van der Waals surface area contributed by atoms with Crippen LogP contribution < -0.4 is 5.32 Å². The maximum absolute atomic E-state index is 14.1. The third-order valence-corrected chi connectivity index (χ3v) is 3.60. The molecule has 9 heteroatoms. The van der Waals surface area contributed by atoms with E-state index in [0.717, 1.165) is 18.5 Å². The van der Waals surface area contributed by atoms with E-state index in [9.17, 15) is 26.7 Å². The zero-order valence-corrected chi connectivity index (χ0v) is 13.4. The summed E-state index contributed by atoms with van der Waals surface area (Å²) in [6.07, 6.45) is -3.12. The largest absolute Gasteiger partial charge is 0.435 e. The van der Waals surface area contributed by atoms with Crippen LogP contribution in [0.3, 0.4) is 0 Å². The van der Waals surface area contributed by atoms with E-state index < -0.39 is 35.1 Å². The molecule has 0 saturated heterocycles. The fraction of sp³-hybridized carbons (Fsp3) is 0.0556. The second kappa shape index (κ2) is 7.10. The van der Waals surface area contributed by atoms with E-state index in [2.05, 4.69) is 15.3 Å². The molecule has 0 radical (unpaired) electrons. The Balaban J connectivity index is 2.01. The summed E-state index contributed by atoms with van der Waals surface area (Å²) in [5, 5.41) is 2.25. The SMILES string of the molecule is O=C(Nc1ccccc1-c1cccc(F)c1F)c1nccnc1C(F)(F)F. The number of para-hydroxylation sites is 1. The van der Waals surface area contributed by atoms with Gasteiger partial charge in [0.25, 0.3) is 5.91 Å². The standard InChI is InChI=1S/C18H10F5N3O/c19-12-6-3-5-11(14(12)20)10-4-1-2-7-13(10)26-17(27)15-16(18(21,22)23)25-9-8-24-15/h1-9H,(H,26,27). The normalized spacial score (nSPS) is 11.3. The van der Waals surface area contributed by atoms with Crippen LogP contribution in [0.1, 0.15) is 16.2 Å². The molecule has 0 atom stereocenters. The Kier molecular flexibility index (Phi) is 4.85. The van der Waals surface area contributed by atoms with Gasteiger partial charge in [-0.25, -0.2) is 18.7 Å². The predicted molar refractivity (Wildman–Crippen MR) is 86.8 cm³/mol. The minimum atomic E-state index is -4.88. The number of hydrogen-bond donors (Lipinski definition) is 1. The predicted octanol–water partition coefficient (Wildman–Crippen LogP) is 4.69. The van der Waals surface area contributed by atoms with Crippen molar-refractivity contribution >= 4 is 11.6 Å². The van der Waals surface area contributed by atoms with Crippen LogP contribution in [-0.4, -0.2) is 15.9 Å². The van der Waals surface area contributed by atoms with Crippen molar-refractivity contribution in [2.45, 2.75) is 6.18 Å². The third-order valence-electron chi connectivity index (χ3n) is 3.60. The zero-order valence-electron chi connectivity index (χ0n) is 13.4. The highest BCUT2D eigenvalue weighted by molar-refractivity contribution is 6.05. The Bertz CT molecular complexity index is 1000. The zero-order chi connectivity index (χ0) is 19.6.